The van der Waals surface area contributed by atoms with Gasteiger partial charge in [-0.15, -0.1) is 0 Å². The molecule has 3 heterocycles. The van der Waals surface area contributed by atoms with E-state index in [9.17, 15) is 4.79 Å². The maximum absolute atomic E-state index is 13.2. The molecular weight excluding hydrogens is 414 g/mol. The van der Waals surface area contributed by atoms with E-state index in [0.29, 0.717) is 17.9 Å². The van der Waals surface area contributed by atoms with Gasteiger partial charge in [-0.05, 0) is 38.3 Å². The first-order chi connectivity index (χ1) is 16.0. The molecule has 0 spiro atoms. The van der Waals surface area contributed by atoms with E-state index in [0.717, 1.165) is 46.6 Å². The molecule has 1 amide bonds. The second-order valence-electron chi connectivity index (χ2n) is 8.95. The number of H-pyrrole nitrogens is 1. The van der Waals surface area contributed by atoms with E-state index in [1.54, 1.807) is 17.1 Å². The molecule has 1 fully saturated rings. The normalized spacial score (nSPS) is 14.5. The number of benzene rings is 1. The molecule has 1 aliphatic rings. The van der Waals surface area contributed by atoms with Crippen molar-refractivity contribution in [3.8, 4) is 0 Å². The third-order valence-electron chi connectivity index (χ3n) is 6.12. The highest BCUT2D eigenvalue weighted by atomic mass is 16.1. The lowest BCUT2D eigenvalue weighted by molar-refractivity contribution is 0.0935. The van der Waals surface area contributed by atoms with Crippen LogP contribution in [0, 0.1) is 0 Å². The molecule has 1 aliphatic carbocycles. The fourth-order valence-electron chi connectivity index (χ4n) is 4.05. The van der Waals surface area contributed by atoms with E-state index in [2.05, 4.69) is 37.8 Å². The number of amides is 1. The van der Waals surface area contributed by atoms with Crippen molar-refractivity contribution in [1.82, 2.24) is 30.0 Å². The summed E-state index contributed by atoms with van der Waals surface area (Å²) in [5.74, 6) is 1.87. The first-order valence-corrected chi connectivity index (χ1v) is 11.5. The average Bonchev–Trinajstić information content (AvgIpc) is 3.41. The minimum atomic E-state index is -0.313. The Morgan fingerprint density at radius 1 is 1.24 bits per heavy atom. The van der Waals surface area contributed by atoms with Gasteiger partial charge in [0, 0.05) is 54.8 Å². The predicted octanol–water partition coefficient (Wildman–Crippen LogP) is 4.37. The van der Waals surface area contributed by atoms with Crippen LogP contribution in [-0.4, -0.2) is 37.7 Å². The Balaban J connectivity index is 1.50. The molecule has 1 saturated carbocycles. The van der Waals surface area contributed by atoms with Gasteiger partial charge in [-0.25, -0.2) is 9.97 Å². The lowest BCUT2D eigenvalue weighted by Gasteiger charge is -2.19. The number of aromatic nitrogens is 5. The maximum Gasteiger partial charge on any atom is 0.255 e. The summed E-state index contributed by atoms with van der Waals surface area (Å²) in [6.45, 7) is 4.07. The van der Waals surface area contributed by atoms with E-state index < -0.39 is 0 Å². The van der Waals surface area contributed by atoms with Gasteiger partial charge < -0.3 is 15.6 Å². The molecule has 3 aromatic heterocycles. The van der Waals surface area contributed by atoms with Crippen molar-refractivity contribution in [2.24, 2.45) is 0 Å². The van der Waals surface area contributed by atoms with Crippen molar-refractivity contribution in [3.05, 3.63) is 71.6 Å². The Morgan fingerprint density at radius 2 is 2.06 bits per heavy atom. The summed E-state index contributed by atoms with van der Waals surface area (Å²) in [4.78, 5) is 26.1. The van der Waals surface area contributed by atoms with Crippen molar-refractivity contribution in [3.63, 3.8) is 0 Å². The van der Waals surface area contributed by atoms with Crippen LogP contribution in [0.3, 0.4) is 0 Å². The van der Waals surface area contributed by atoms with E-state index in [4.69, 9.17) is 4.98 Å². The number of carbonyl (C=O) groups excluding carboxylic acids is 1. The van der Waals surface area contributed by atoms with Crippen LogP contribution in [0.4, 0.5) is 5.82 Å². The SMILES string of the molecule is CNc1cc([C@H](Cc2c[nH]c3ccccc23)NC(=O)c2cnn(C(C)C)c2)nc(C2CC2)n1. The van der Waals surface area contributed by atoms with Crippen molar-refractivity contribution < 1.29 is 4.79 Å². The average molecular weight is 444 g/mol. The third kappa shape index (κ3) is 4.46. The standard InChI is InChI=1S/C25H29N7O/c1-15(2)32-14-18(13-28-32)25(33)30-21(10-17-12-27-20-7-5-4-6-19(17)20)22-11-23(26-3)31-24(29-22)16-8-9-16/h4-7,11-16,21,27H,8-10H2,1-3H3,(H,30,33)(H,26,29,31)/t21-/m0/s1. The number of nitrogens with zero attached hydrogens (tertiary/aromatic N) is 4. The lowest BCUT2D eigenvalue weighted by Crippen LogP contribution is -2.31. The van der Waals surface area contributed by atoms with Crippen LogP contribution in [0.5, 0.6) is 0 Å². The molecule has 8 heteroatoms. The largest absolute Gasteiger partial charge is 0.373 e. The molecule has 0 aliphatic heterocycles. The first-order valence-electron chi connectivity index (χ1n) is 11.5. The third-order valence-corrected chi connectivity index (χ3v) is 6.12. The lowest BCUT2D eigenvalue weighted by atomic mass is 10.0. The summed E-state index contributed by atoms with van der Waals surface area (Å²) < 4.78 is 1.79. The fraction of sp³-hybridized carbons (Fsp3) is 0.360. The van der Waals surface area contributed by atoms with E-state index in [1.165, 1.54) is 0 Å². The van der Waals surface area contributed by atoms with Crippen LogP contribution >= 0.6 is 0 Å². The molecule has 3 N–H and O–H groups in total. The molecule has 4 aromatic rings. The van der Waals surface area contributed by atoms with Gasteiger partial charge in [-0.3, -0.25) is 9.48 Å². The van der Waals surface area contributed by atoms with Crippen molar-refractivity contribution >= 4 is 22.6 Å². The van der Waals surface area contributed by atoms with Gasteiger partial charge in [0.25, 0.3) is 5.91 Å². The Kier molecular flexibility index (Phi) is 5.58. The van der Waals surface area contributed by atoms with Crippen molar-refractivity contribution in [1.29, 1.82) is 0 Å². The molecule has 8 nitrogen and oxygen atoms in total. The number of hydrogen-bond acceptors (Lipinski definition) is 5. The van der Waals surface area contributed by atoms with Crippen LogP contribution in [0.25, 0.3) is 10.9 Å². The molecule has 5 rings (SSSR count). The molecule has 0 radical (unpaired) electrons. The zero-order valence-corrected chi connectivity index (χ0v) is 19.2. The molecule has 0 bridgehead atoms. The van der Waals surface area contributed by atoms with E-state index in [-0.39, 0.29) is 18.0 Å². The number of para-hydroxylation sites is 1. The fourth-order valence-corrected chi connectivity index (χ4v) is 4.05. The first kappa shape index (κ1) is 21.2. The van der Waals surface area contributed by atoms with Crippen LogP contribution in [0.1, 0.15) is 72.1 Å². The minimum Gasteiger partial charge on any atom is -0.373 e. The monoisotopic (exact) mass is 443 g/mol. The summed E-state index contributed by atoms with van der Waals surface area (Å²) in [5, 5.41) is 11.8. The smallest absolute Gasteiger partial charge is 0.255 e. The number of hydrogen-bond donors (Lipinski definition) is 3. The van der Waals surface area contributed by atoms with Crippen LogP contribution < -0.4 is 10.6 Å². The van der Waals surface area contributed by atoms with Crippen LogP contribution in [0.2, 0.25) is 0 Å². The Labute approximate surface area is 192 Å². The number of fused-ring (bicyclic) bond motifs is 1. The number of aromatic amines is 1. The highest BCUT2D eigenvalue weighted by Gasteiger charge is 2.29. The van der Waals surface area contributed by atoms with E-state index in [1.807, 2.05) is 45.3 Å². The van der Waals surface area contributed by atoms with Gasteiger partial charge in [0.15, 0.2) is 0 Å². The second-order valence-corrected chi connectivity index (χ2v) is 8.95. The van der Waals surface area contributed by atoms with Gasteiger partial charge in [0.1, 0.15) is 11.6 Å². The molecule has 170 valence electrons. The molecule has 0 saturated heterocycles. The predicted molar refractivity (Wildman–Crippen MR) is 128 cm³/mol. The number of rotatable bonds is 8. The quantitative estimate of drug-likeness (QED) is 0.375. The summed E-state index contributed by atoms with van der Waals surface area (Å²) in [6, 6.07) is 10.0. The van der Waals surface area contributed by atoms with Gasteiger partial charge in [0.2, 0.25) is 0 Å². The number of nitrogens with one attached hydrogen (secondary N) is 3. The maximum atomic E-state index is 13.2. The zero-order valence-electron chi connectivity index (χ0n) is 19.2. The molecular formula is C25H29N7O. The van der Waals surface area contributed by atoms with Crippen molar-refractivity contribution in [2.75, 3.05) is 12.4 Å². The molecule has 33 heavy (non-hydrogen) atoms. The minimum absolute atomic E-state index is 0.163. The van der Waals surface area contributed by atoms with Gasteiger partial charge in [0.05, 0.1) is 23.5 Å². The van der Waals surface area contributed by atoms with E-state index >= 15 is 0 Å². The Bertz CT molecular complexity index is 1280. The van der Waals surface area contributed by atoms with Gasteiger partial charge in [-0.1, -0.05) is 18.2 Å². The summed E-state index contributed by atoms with van der Waals surface area (Å²) in [5.41, 5.74) is 3.56. The second kappa shape index (κ2) is 8.69. The number of carbonyl (C=O) groups is 1. The number of anilines is 1. The highest BCUT2D eigenvalue weighted by molar-refractivity contribution is 5.94. The summed E-state index contributed by atoms with van der Waals surface area (Å²) >= 11 is 0. The van der Waals surface area contributed by atoms with Crippen LogP contribution in [-0.2, 0) is 6.42 Å². The highest BCUT2D eigenvalue weighted by Crippen LogP contribution is 2.39. The summed E-state index contributed by atoms with van der Waals surface area (Å²) in [6.07, 6.45) is 8.26. The Morgan fingerprint density at radius 3 is 2.79 bits per heavy atom. The Hall–Kier alpha value is -3.68. The molecule has 1 atom stereocenters. The van der Waals surface area contributed by atoms with Crippen LogP contribution in [0.15, 0.2) is 48.9 Å². The zero-order chi connectivity index (χ0) is 22.9. The summed E-state index contributed by atoms with van der Waals surface area (Å²) in [7, 11) is 1.86. The topological polar surface area (TPSA) is 101 Å². The van der Waals surface area contributed by atoms with Gasteiger partial charge >= 0.3 is 0 Å². The van der Waals surface area contributed by atoms with Gasteiger partial charge in [-0.2, -0.15) is 5.10 Å². The molecule has 0 unspecified atom stereocenters. The van der Waals surface area contributed by atoms with Crippen molar-refractivity contribution in [2.45, 2.75) is 51.1 Å². The molecule has 1 aromatic carbocycles.